The SMILES string of the molecule is Cc1ccc(C(=O)N(C)Cc2ccoc2)cc1C#CCN. The first-order valence-electron chi connectivity index (χ1n) is 6.68. The molecule has 0 fully saturated rings. The maximum absolute atomic E-state index is 12.4. The molecule has 4 heteroatoms. The van der Waals surface area contributed by atoms with Gasteiger partial charge in [-0.15, -0.1) is 0 Å². The molecule has 0 saturated heterocycles. The molecule has 0 bridgehead atoms. The Morgan fingerprint density at radius 2 is 2.19 bits per heavy atom. The van der Waals surface area contributed by atoms with E-state index in [0.717, 1.165) is 16.7 Å². The zero-order valence-corrected chi connectivity index (χ0v) is 12.2. The van der Waals surface area contributed by atoms with Crippen LogP contribution in [0.5, 0.6) is 0 Å². The van der Waals surface area contributed by atoms with Gasteiger partial charge >= 0.3 is 0 Å². The molecule has 0 spiro atoms. The number of furan rings is 1. The minimum Gasteiger partial charge on any atom is -0.472 e. The topological polar surface area (TPSA) is 59.5 Å². The molecule has 0 unspecified atom stereocenters. The van der Waals surface area contributed by atoms with E-state index in [0.29, 0.717) is 18.7 Å². The Hall–Kier alpha value is -2.51. The van der Waals surface area contributed by atoms with Crippen LogP contribution in [0.2, 0.25) is 0 Å². The monoisotopic (exact) mass is 282 g/mol. The van der Waals surface area contributed by atoms with Crippen molar-refractivity contribution in [2.45, 2.75) is 13.5 Å². The second-order valence-corrected chi connectivity index (χ2v) is 4.83. The van der Waals surface area contributed by atoms with Crippen molar-refractivity contribution in [1.29, 1.82) is 0 Å². The first-order valence-corrected chi connectivity index (χ1v) is 6.68. The van der Waals surface area contributed by atoms with Gasteiger partial charge in [0, 0.05) is 30.3 Å². The summed E-state index contributed by atoms with van der Waals surface area (Å²) in [7, 11) is 1.76. The van der Waals surface area contributed by atoms with Crippen molar-refractivity contribution in [2.24, 2.45) is 5.73 Å². The van der Waals surface area contributed by atoms with Gasteiger partial charge < -0.3 is 15.1 Å². The van der Waals surface area contributed by atoms with E-state index in [1.54, 1.807) is 24.5 Å². The highest BCUT2D eigenvalue weighted by Crippen LogP contribution is 2.13. The Labute approximate surface area is 124 Å². The summed E-state index contributed by atoms with van der Waals surface area (Å²) < 4.78 is 5.01. The molecule has 2 aromatic rings. The van der Waals surface area contributed by atoms with Crippen LogP contribution in [0, 0.1) is 18.8 Å². The van der Waals surface area contributed by atoms with Crippen molar-refractivity contribution in [3.8, 4) is 11.8 Å². The minimum atomic E-state index is -0.0491. The number of carbonyl (C=O) groups is 1. The van der Waals surface area contributed by atoms with Gasteiger partial charge in [0.2, 0.25) is 0 Å². The number of rotatable bonds is 3. The van der Waals surface area contributed by atoms with Crippen LogP contribution in [-0.2, 0) is 6.54 Å². The lowest BCUT2D eigenvalue weighted by molar-refractivity contribution is 0.0785. The quantitative estimate of drug-likeness (QED) is 0.878. The van der Waals surface area contributed by atoms with Gasteiger partial charge in [-0.2, -0.15) is 0 Å². The predicted octanol–water partition coefficient (Wildman–Crippen LogP) is 2.17. The Morgan fingerprint density at radius 1 is 1.38 bits per heavy atom. The first kappa shape index (κ1) is 14.9. The lowest BCUT2D eigenvalue weighted by Crippen LogP contribution is -2.26. The number of nitrogens with zero attached hydrogens (tertiary/aromatic N) is 1. The third-order valence-electron chi connectivity index (χ3n) is 3.16. The summed E-state index contributed by atoms with van der Waals surface area (Å²) in [6, 6.07) is 7.37. The van der Waals surface area contributed by atoms with Gasteiger partial charge in [-0.1, -0.05) is 17.9 Å². The van der Waals surface area contributed by atoms with Crippen LogP contribution < -0.4 is 5.73 Å². The van der Waals surface area contributed by atoms with Crippen LogP contribution in [0.15, 0.2) is 41.2 Å². The van der Waals surface area contributed by atoms with Crippen LogP contribution in [0.1, 0.15) is 27.0 Å². The van der Waals surface area contributed by atoms with Crippen molar-refractivity contribution in [2.75, 3.05) is 13.6 Å². The molecule has 4 nitrogen and oxygen atoms in total. The van der Waals surface area contributed by atoms with Crippen molar-refractivity contribution in [1.82, 2.24) is 4.90 Å². The predicted molar refractivity (Wildman–Crippen MR) is 81.6 cm³/mol. The standard InChI is InChI=1S/C17H18N2O2/c1-13-5-6-16(10-15(13)4-3-8-18)17(20)19(2)11-14-7-9-21-12-14/h5-7,9-10,12H,8,11,18H2,1-2H3. The molecule has 2 N–H and O–H groups in total. The Kier molecular flexibility index (Phi) is 4.81. The molecule has 21 heavy (non-hydrogen) atoms. The van der Waals surface area contributed by atoms with Crippen LogP contribution in [-0.4, -0.2) is 24.4 Å². The minimum absolute atomic E-state index is 0.0491. The van der Waals surface area contributed by atoms with Gasteiger partial charge in [0.25, 0.3) is 5.91 Å². The van der Waals surface area contributed by atoms with Gasteiger partial charge in [-0.25, -0.2) is 0 Å². The normalized spacial score (nSPS) is 9.86. The molecule has 1 aromatic carbocycles. The fraction of sp³-hybridized carbons (Fsp3) is 0.235. The van der Waals surface area contributed by atoms with E-state index in [-0.39, 0.29) is 5.91 Å². The van der Waals surface area contributed by atoms with Crippen molar-refractivity contribution < 1.29 is 9.21 Å². The summed E-state index contributed by atoms with van der Waals surface area (Å²) in [4.78, 5) is 14.1. The second-order valence-electron chi connectivity index (χ2n) is 4.83. The highest BCUT2D eigenvalue weighted by atomic mass is 16.3. The van der Waals surface area contributed by atoms with E-state index >= 15 is 0 Å². The molecule has 0 aliphatic heterocycles. The van der Waals surface area contributed by atoms with Crippen molar-refractivity contribution >= 4 is 5.91 Å². The lowest BCUT2D eigenvalue weighted by atomic mass is 10.0. The fourth-order valence-corrected chi connectivity index (χ4v) is 1.98. The Bertz CT molecular complexity index is 679. The molecular formula is C17H18N2O2. The maximum atomic E-state index is 12.4. The molecule has 0 atom stereocenters. The van der Waals surface area contributed by atoms with E-state index in [4.69, 9.17) is 10.2 Å². The van der Waals surface area contributed by atoms with E-state index in [1.165, 1.54) is 0 Å². The zero-order chi connectivity index (χ0) is 15.2. The number of nitrogens with two attached hydrogens (primary N) is 1. The highest BCUT2D eigenvalue weighted by Gasteiger charge is 2.13. The number of carbonyl (C=O) groups excluding carboxylic acids is 1. The number of amides is 1. The van der Waals surface area contributed by atoms with Gasteiger partial charge in [-0.3, -0.25) is 4.79 Å². The van der Waals surface area contributed by atoms with Gasteiger partial charge in [0.15, 0.2) is 0 Å². The van der Waals surface area contributed by atoms with E-state index < -0.39 is 0 Å². The number of aryl methyl sites for hydroxylation is 1. The summed E-state index contributed by atoms with van der Waals surface area (Å²) in [6.07, 6.45) is 3.23. The molecular weight excluding hydrogens is 264 g/mol. The van der Waals surface area contributed by atoms with E-state index in [2.05, 4.69) is 11.8 Å². The number of benzene rings is 1. The lowest BCUT2D eigenvalue weighted by Gasteiger charge is -2.16. The third kappa shape index (κ3) is 3.74. The number of hydrogen-bond acceptors (Lipinski definition) is 3. The molecule has 1 aromatic heterocycles. The second kappa shape index (κ2) is 6.78. The molecule has 0 radical (unpaired) electrons. The summed E-state index contributed by atoms with van der Waals surface area (Å²) in [5.74, 6) is 5.76. The van der Waals surface area contributed by atoms with Crippen LogP contribution in [0.25, 0.3) is 0 Å². The van der Waals surface area contributed by atoms with Crippen molar-refractivity contribution in [3.05, 3.63) is 59.0 Å². The van der Waals surface area contributed by atoms with Crippen molar-refractivity contribution in [3.63, 3.8) is 0 Å². The summed E-state index contributed by atoms with van der Waals surface area (Å²) >= 11 is 0. The van der Waals surface area contributed by atoms with Gasteiger partial charge in [0.05, 0.1) is 19.1 Å². The van der Waals surface area contributed by atoms with E-state index in [1.807, 2.05) is 31.2 Å². The summed E-state index contributed by atoms with van der Waals surface area (Å²) in [5, 5.41) is 0. The molecule has 0 aliphatic carbocycles. The molecule has 2 rings (SSSR count). The Balaban J connectivity index is 2.18. The van der Waals surface area contributed by atoms with Gasteiger partial charge in [0.1, 0.15) is 0 Å². The molecule has 1 heterocycles. The molecule has 0 saturated carbocycles. The largest absolute Gasteiger partial charge is 0.472 e. The Morgan fingerprint density at radius 3 is 2.86 bits per heavy atom. The fourth-order valence-electron chi connectivity index (χ4n) is 1.98. The van der Waals surface area contributed by atoms with Crippen LogP contribution in [0.3, 0.4) is 0 Å². The molecule has 0 aliphatic rings. The van der Waals surface area contributed by atoms with Crippen LogP contribution >= 0.6 is 0 Å². The highest BCUT2D eigenvalue weighted by molar-refractivity contribution is 5.94. The average Bonchev–Trinajstić information content (AvgIpc) is 2.98. The number of hydrogen-bond donors (Lipinski definition) is 1. The van der Waals surface area contributed by atoms with Gasteiger partial charge in [-0.05, 0) is 30.7 Å². The van der Waals surface area contributed by atoms with E-state index in [9.17, 15) is 4.79 Å². The maximum Gasteiger partial charge on any atom is 0.253 e. The average molecular weight is 282 g/mol. The smallest absolute Gasteiger partial charge is 0.253 e. The third-order valence-corrected chi connectivity index (χ3v) is 3.16. The summed E-state index contributed by atoms with van der Waals surface area (Å²) in [5.41, 5.74) is 8.84. The molecule has 1 amide bonds. The molecule has 108 valence electrons. The van der Waals surface area contributed by atoms with Crippen LogP contribution in [0.4, 0.5) is 0 Å². The zero-order valence-electron chi connectivity index (χ0n) is 12.2. The summed E-state index contributed by atoms with van der Waals surface area (Å²) in [6.45, 7) is 2.77. The first-order chi connectivity index (χ1) is 10.1.